The first kappa shape index (κ1) is 20.3. The molecule has 0 spiro atoms. The molecule has 0 atom stereocenters. The highest BCUT2D eigenvalue weighted by molar-refractivity contribution is 6.30. The molecule has 0 aliphatic carbocycles. The van der Waals surface area contributed by atoms with E-state index in [0.717, 1.165) is 11.1 Å². The molecule has 0 saturated carbocycles. The lowest BCUT2D eigenvalue weighted by atomic mass is 10.0. The number of ketones is 1. The van der Waals surface area contributed by atoms with Crippen LogP contribution in [0, 0.1) is 6.92 Å². The van der Waals surface area contributed by atoms with Gasteiger partial charge in [0.15, 0.2) is 17.3 Å². The normalized spacial score (nSPS) is 12.7. The number of carbonyl (C=O) groups excluding carboxylic acids is 1. The fourth-order valence-corrected chi connectivity index (χ4v) is 3.99. The van der Waals surface area contributed by atoms with Gasteiger partial charge in [0.25, 0.3) is 0 Å². The van der Waals surface area contributed by atoms with E-state index >= 15 is 0 Å². The Labute approximate surface area is 189 Å². The zero-order valence-corrected chi connectivity index (χ0v) is 18.2. The van der Waals surface area contributed by atoms with Crippen LogP contribution in [0.5, 0.6) is 11.5 Å². The topological polar surface area (TPSA) is 57.5 Å². The summed E-state index contributed by atoms with van der Waals surface area (Å²) in [4.78, 5) is 26.6. The van der Waals surface area contributed by atoms with Crippen LogP contribution in [0.3, 0.4) is 0 Å². The van der Waals surface area contributed by atoms with Crippen molar-refractivity contribution in [2.45, 2.75) is 13.5 Å². The number of hydrogen-bond donors (Lipinski definition) is 0. The molecule has 5 rings (SSSR count). The third kappa shape index (κ3) is 3.76. The fourth-order valence-electron chi connectivity index (χ4n) is 3.87. The molecule has 160 valence electrons. The maximum absolute atomic E-state index is 13.4. The number of fused-ring (bicyclic) bond motifs is 2. The van der Waals surface area contributed by atoms with E-state index in [9.17, 15) is 9.59 Å². The number of hydrogen-bond acceptors (Lipinski definition) is 4. The second-order valence-corrected chi connectivity index (χ2v) is 8.27. The first-order chi connectivity index (χ1) is 15.5. The average Bonchev–Trinajstić information content (AvgIpc) is 2.81. The van der Waals surface area contributed by atoms with Gasteiger partial charge in [0.05, 0.1) is 16.5 Å². The van der Waals surface area contributed by atoms with E-state index in [4.69, 9.17) is 21.1 Å². The lowest BCUT2D eigenvalue weighted by molar-refractivity contribution is 0.103. The maximum atomic E-state index is 13.4. The predicted octanol–water partition coefficient (Wildman–Crippen LogP) is 5.01. The van der Waals surface area contributed by atoms with Crippen molar-refractivity contribution < 1.29 is 14.3 Å². The van der Waals surface area contributed by atoms with Crippen LogP contribution in [-0.4, -0.2) is 23.6 Å². The molecule has 1 aliphatic heterocycles. The molecule has 6 heteroatoms. The number of halogens is 1. The SMILES string of the molecule is Cc1ccc(Cn2cc(C(=O)c3ccc(Cl)cc3)c(=O)c3cc4c(cc32)OCCO4)cc1. The number of benzene rings is 3. The number of aryl methyl sites for hydroxylation is 1. The Morgan fingerprint density at radius 1 is 0.969 bits per heavy atom. The van der Waals surface area contributed by atoms with E-state index in [1.807, 2.05) is 41.8 Å². The second kappa shape index (κ2) is 8.17. The van der Waals surface area contributed by atoms with Gasteiger partial charge in [-0.25, -0.2) is 0 Å². The van der Waals surface area contributed by atoms with Crippen molar-refractivity contribution >= 4 is 28.3 Å². The summed E-state index contributed by atoms with van der Waals surface area (Å²) in [6.45, 7) is 3.40. The molecule has 4 aromatic rings. The van der Waals surface area contributed by atoms with Gasteiger partial charge in [0.1, 0.15) is 13.2 Å². The minimum atomic E-state index is -0.346. The Morgan fingerprint density at radius 3 is 2.31 bits per heavy atom. The van der Waals surface area contributed by atoms with Crippen LogP contribution in [0.15, 0.2) is 71.7 Å². The molecule has 0 unspecified atom stereocenters. The highest BCUT2D eigenvalue weighted by Gasteiger charge is 2.21. The van der Waals surface area contributed by atoms with Crippen molar-refractivity contribution in [1.82, 2.24) is 4.57 Å². The standard InChI is InChI=1S/C26H20ClNO4/c1-16-2-4-17(5-3-16)14-28-15-21(25(29)18-6-8-19(27)9-7-18)26(30)20-12-23-24(13-22(20)28)32-11-10-31-23/h2-9,12-13,15H,10-11,14H2,1H3. The third-order valence-electron chi connectivity index (χ3n) is 5.57. The Kier molecular flexibility index (Phi) is 5.19. The predicted molar refractivity (Wildman–Crippen MR) is 124 cm³/mol. The van der Waals surface area contributed by atoms with Gasteiger partial charge in [-0.1, -0.05) is 41.4 Å². The number of ether oxygens (including phenoxy) is 2. The highest BCUT2D eigenvalue weighted by atomic mass is 35.5. The van der Waals surface area contributed by atoms with E-state index < -0.39 is 0 Å². The van der Waals surface area contributed by atoms with Gasteiger partial charge >= 0.3 is 0 Å². The summed E-state index contributed by atoms with van der Waals surface area (Å²) in [7, 11) is 0. The van der Waals surface area contributed by atoms with Crippen LogP contribution < -0.4 is 14.9 Å². The molecular weight excluding hydrogens is 426 g/mol. The Morgan fingerprint density at radius 2 is 1.62 bits per heavy atom. The van der Waals surface area contributed by atoms with Gasteiger partial charge in [0, 0.05) is 29.4 Å². The molecule has 5 nitrogen and oxygen atoms in total. The highest BCUT2D eigenvalue weighted by Crippen LogP contribution is 2.34. The molecule has 0 fully saturated rings. The van der Waals surface area contributed by atoms with Crippen molar-refractivity contribution in [3.63, 3.8) is 0 Å². The molecule has 0 radical (unpaired) electrons. The molecule has 1 aromatic heterocycles. The molecule has 0 bridgehead atoms. The number of pyridine rings is 1. The second-order valence-electron chi connectivity index (χ2n) is 7.83. The molecular formula is C26H20ClNO4. The molecule has 0 saturated heterocycles. The van der Waals surface area contributed by atoms with Gasteiger partial charge in [-0.15, -0.1) is 0 Å². The van der Waals surface area contributed by atoms with Gasteiger partial charge in [-0.3, -0.25) is 9.59 Å². The lowest BCUT2D eigenvalue weighted by Crippen LogP contribution is -2.21. The van der Waals surface area contributed by atoms with E-state index in [1.165, 1.54) is 0 Å². The summed E-state index contributed by atoms with van der Waals surface area (Å²) in [5.74, 6) is 0.762. The zero-order valence-electron chi connectivity index (χ0n) is 17.4. The average molecular weight is 446 g/mol. The summed E-state index contributed by atoms with van der Waals surface area (Å²) in [6.07, 6.45) is 1.64. The molecule has 3 aromatic carbocycles. The number of nitrogens with zero attached hydrogens (tertiary/aromatic N) is 1. The molecule has 0 amide bonds. The first-order valence-corrected chi connectivity index (χ1v) is 10.7. The fraction of sp³-hybridized carbons (Fsp3) is 0.154. The first-order valence-electron chi connectivity index (χ1n) is 10.3. The number of rotatable bonds is 4. The van der Waals surface area contributed by atoms with E-state index in [1.54, 1.807) is 36.5 Å². The summed E-state index contributed by atoms with van der Waals surface area (Å²) in [5.41, 5.74) is 3.08. The van der Waals surface area contributed by atoms with Crippen molar-refractivity contribution in [2.75, 3.05) is 13.2 Å². The van der Waals surface area contributed by atoms with Gasteiger partial charge < -0.3 is 14.0 Å². The van der Waals surface area contributed by atoms with Crippen LogP contribution in [0.2, 0.25) is 5.02 Å². The van der Waals surface area contributed by atoms with E-state index in [2.05, 4.69) is 0 Å². The van der Waals surface area contributed by atoms with Gasteiger partial charge in [-0.2, -0.15) is 0 Å². The minimum absolute atomic E-state index is 0.101. The largest absolute Gasteiger partial charge is 0.486 e. The number of aromatic nitrogens is 1. The molecule has 2 heterocycles. The molecule has 1 aliphatic rings. The lowest BCUT2D eigenvalue weighted by Gasteiger charge is -2.21. The van der Waals surface area contributed by atoms with E-state index in [-0.39, 0.29) is 16.8 Å². The number of carbonyl (C=O) groups is 1. The van der Waals surface area contributed by atoms with Crippen LogP contribution in [0.1, 0.15) is 27.0 Å². The smallest absolute Gasteiger partial charge is 0.200 e. The summed E-state index contributed by atoms with van der Waals surface area (Å²) in [6, 6.07) is 18.2. The van der Waals surface area contributed by atoms with Gasteiger partial charge in [0.2, 0.25) is 5.43 Å². The molecule has 32 heavy (non-hydrogen) atoms. The summed E-state index contributed by atoms with van der Waals surface area (Å²) < 4.78 is 13.3. The van der Waals surface area contributed by atoms with Crippen molar-refractivity contribution in [3.8, 4) is 11.5 Å². The summed E-state index contributed by atoms with van der Waals surface area (Å²) in [5, 5.41) is 0.946. The van der Waals surface area contributed by atoms with Gasteiger partial charge in [-0.05, 0) is 42.8 Å². The van der Waals surface area contributed by atoms with Crippen molar-refractivity contribution in [1.29, 1.82) is 0 Å². The van der Waals surface area contributed by atoms with Crippen LogP contribution in [0.25, 0.3) is 10.9 Å². The van der Waals surface area contributed by atoms with Crippen LogP contribution in [-0.2, 0) is 6.54 Å². The Balaban J connectivity index is 1.70. The minimum Gasteiger partial charge on any atom is -0.486 e. The van der Waals surface area contributed by atoms with Crippen molar-refractivity contribution in [3.05, 3.63) is 104 Å². The maximum Gasteiger partial charge on any atom is 0.200 e. The van der Waals surface area contributed by atoms with Crippen LogP contribution in [0.4, 0.5) is 0 Å². The third-order valence-corrected chi connectivity index (χ3v) is 5.82. The van der Waals surface area contributed by atoms with Crippen molar-refractivity contribution in [2.24, 2.45) is 0 Å². The monoisotopic (exact) mass is 445 g/mol. The Bertz CT molecular complexity index is 1390. The molecule has 0 N–H and O–H groups in total. The van der Waals surface area contributed by atoms with E-state index in [0.29, 0.717) is 52.7 Å². The quantitative estimate of drug-likeness (QED) is 0.414. The zero-order chi connectivity index (χ0) is 22.2. The summed E-state index contributed by atoms with van der Waals surface area (Å²) >= 11 is 5.96. The Hall–Kier alpha value is -3.57. The van der Waals surface area contributed by atoms with Crippen LogP contribution >= 0.6 is 11.6 Å².